The van der Waals surface area contributed by atoms with Crippen molar-refractivity contribution < 1.29 is 4.79 Å². The number of allylic oxidation sites excluding steroid dienone is 3. The summed E-state index contributed by atoms with van der Waals surface area (Å²) in [6.07, 6.45) is 0. The normalized spacial score (nSPS) is 14.9. The van der Waals surface area contributed by atoms with Gasteiger partial charge in [-0.3, -0.25) is 4.79 Å². The fraction of sp³-hybridized carbons (Fsp3) is 0. The fourth-order valence-electron chi connectivity index (χ4n) is 2.77. The SMILES string of the molecule is N#CC(C#N)=C1C2=C(Sc3ccccc3S2)C(=O)c2ccccc21. The molecule has 1 aliphatic heterocycles. The second-order valence-corrected chi connectivity index (χ2v) is 7.26. The van der Waals surface area contributed by atoms with Crippen LogP contribution in [0.2, 0.25) is 0 Å². The van der Waals surface area contributed by atoms with E-state index in [1.807, 2.05) is 42.5 Å². The zero-order valence-electron chi connectivity index (χ0n) is 12.2. The fourth-order valence-corrected chi connectivity index (χ4v) is 5.24. The van der Waals surface area contributed by atoms with Gasteiger partial charge in [-0.2, -0.15) is 10.5 Å². The third kappa shape index (κ3) is 2.11. The molecule has 0 unspecified atom stereocenters. The first kappa shape index (κ1) is 14.8. The second-order valence-electron chi connectivity index (χ2n) is 5.16. The maximum atomic E-state index is 12.9. The van der Waals surface area contributed by atoms with Crippen molar-refractivity contribution in [2.45, 2.75) is 9.79 Å². The highest BCUT2D eigenvalue weighted by atomic mass is 32.2. The number of fused-ring (bicyclic) bond motifs is 2. The molecule has 4 rings (SSSR count). The molecule has 24 heavy (non-hydrogen) atoms. The van der Waals surface area contributed by atoms with E-state index in [9.17, 15) is 15.3 Å². The Hall–Kier alpha value is -2.73. The molecule has 0 fully saturated rings. The molecule has 112 valence electrons. The molecule has 0 saturated carbocycles. The van der Waals surface area contributed by atoms with Crippen LogP contribution in [0.25, 0.3) is 5.57 Å². The van der Waals surface area contributed by atoms with Gasteiger partial charge < -0.3 is 0 Å². The van der Waals surface area contributed by atoms with Gasteiger partial charge in [0.1, 0.15) is 17.7 Å². The monoisotopic (exact) mass is 344 g/mol. The van der Waals surface area contributed by atoms with Crippen molar-refractivity contribution in [2.24, 2.45) is 0 Å². The van der Waals surface area contributed by atoms with Crippen LogP contribution in [0, 0.1) is 22.7 Å². The molecule has 5 heteroatoms. The number of thioether (sulfide) groups is 2. The predicted molar refractivity (Wildman–Crippen MR) is 94.1 cm³/mol. The Morgan fingerprint density at radius 2 is 1.33 bits per heavy atom. The van der Waals surface area contributed by atoms with E-state index in [4.69, 9.17) is 0 Å². The summed E-state index contributed by atoms with van der Waals surface area (Å²) in [5.41, 5.74) is 1.81. The third-order valence-electron chi connectivity index (χ3n) is 3.83. The van der Waals surface area contributed by atoms with E-state index in [1.54, 1.807) is 18.2 Å². The highest BCUT2D eigenvalue weighted by molar-refractivity contribution is 8.10. The van der Waals surface area contributed by atoms with Gasteiger partial charge in [-0.05, 0) is 17.7 Å². The van der Waals surface area contributed by atoms with Crippen molar-refractivity contribution in [2.75, 3.05) is 0 Å². The van der Waals surface area contributed by atoms with Crippen LogP contribution >= 0.6 is 23.5 Å². The Balaban J connectivity index is 2.03. The number of carbonyl (C=O) groups is 1. The molecule has 1 heterocycles. The number of ketones is 1. The van der Waals surface area contributed by atoms with Crippen LogP contribution in [-0.4, -0.2) is 5.78 Å². The van der Waals surface area contributed by atoms with Crippen molar-refractivity contribution in [3.05, 3.63) is 75.0 Å². The highest BCUT2D eigenvalue weighted by Crippen LogP contribution is 2.55. The average molecular weight is 344 g/mol. The summed E-state index contributed by atoms with van der Waals surface area (Å²) in [6, 6.07) is 19.0. The molecular weight excluding hydrogens is 336 g/mol. The molecule has 2 aromatic carbocycles. The van der Waals surface area contributed by atoms with Crippen LogP contribution in [-0.2, 0) is 0 Å². The molecule has 0 atom stereocenters. The van der Waals surface area contributed by atoms with E-state index in [0.717, 1.165) is 9.79 Å². The third-order valence-corrected chi connectivity index (χ3v) is 6.44. The van der Waals surface area contributed by atoms with Crippen molar-refractivity contribution in [3.8, 4) is 12.1 Å². The largest absolute Gasteiger partial charge is 0.288 e. The molecule has 0 bridgehead atoms. The van der Waals surface area contributed by atoms with Gasteiger partial charge in [0.25, 0.3) is 0 Å². The van der Waals surface area contributed by atoms with E-state index in [2.05, 4.69) is 0 Å². The lowest BCUT2D eigenvalue weighted by Gasteiger charge is -2.28. The quantitative estimate of drug-likeness (QED) is 0.643. The van der Waals surface area contributed by atoms with Crippen LogP contribution in [0.5, 0.6) is 0 Å². The Kier molecular flexibility index (Phi) is 3.54. The second kappa shape index (κ2) is 5.72. The first-order valence-corrected chi connectivity index (χ1v) is 8.76. The number of benzene rings is 2. The maximum absolute atomic E-state index is 12.9. The molecule has 0 radical (unpaired) electrons. The molecule has 0 aromatic heterocycles. The van der Waals surface area contributed by atoms with Gasteiger partial charge in [-0.15, -0.1) is 0 Å². The van der Waals surface area contributed by atoms with E-state index in [-0.39, 0.29) is 11.4 Å². The molecule has 2 aromatic rings. The standard InChI is InChI=1S/C19H8N2OS2/c20-9-11(10-21)16-12-5-1-2-6-13(12)17(22)19-18(16)23-14-7-3-4-8-15(14)24-19/h1-8H. The van der Waals surface area contributed by atoms with Gasteiger partial charge in [0.2, 0.25) is 5.78 Å². The molecule has 0 amide bonds. The molecule has 0 saturated heterocycles. The van der Waals surface area contributed by atoms with E-state index < -0.39 is 0 Å². The summed E-state index contributed by atoms with van der Waals surface area (Å²) in [7, 11) is 0. The van der Waals surface area contributed by atoms with Crippen LogP contribution in [0.15, 0.2) is 73.7 Å². The average Bonchev–Trinajstić information content (AvgIpc) is 2.64. The van der Waals surface area contributed by atoms with Gasteiger partial charge in [0.15, 0.2) is 0 Å². The van der Waals surface area contributed by atoms with Crippen LogP contribution in [0.1, 0.15) is 15.9 Å². The van der Waals surface area contributed by atoms with E-state index in [0.29, 0.717) is 26.5 Å². The molecule has 0 spiro atoms. The van der Waals surface area contributed by atoms with Crippen molar-refractivity contribution in [1.29, 1.82) is 10.5 Å². The van der Waals surface area contributed by atoms with Gasteiger partial charge in [0, 0.05) is 25.8 Å². The van der Waals surface area contributed by atoms with Crippen molar-refractivity contribution >= 4 is 34.9 Å². The minimum atomic E-state index is -0.0495. The lowest BCUT2D eigenvalue weighted by Crippen LogP contribution is -2.15. The highest BCUT2D eigenvalue weighted by Gasteiger charge is 2.35. The van der Waals surface area contributed by atoms with Crippen LogP contribution < -0.4 is 0 Å². The van der Waals surface area contributed by atoms with Gasteiger partial charge >= 0.3 is 0 Å². The van der Waals surface area contributed by atoms with Crippen LogP contribution in [0.4, 0.5) is 0 Å². The van der Waals surface area contributed by atoms with Crippen molar-refractivity contribution in [3.63, 3.8) is 0 Å². The summed E-state index contributed by atoms with van der Waals surface area (Å²) < 4.78 is 0. The topological polar surface area (TPSA) is 64.7 Å². The minimum absolute atomic E-state index is 0.0370. The summed E-state index contributed by atoms with van der Waals surface area (Å²) >= 11 is 2.86. The molecule has 2 aliphatic rings. The zero-order chi connectivity index (χ0) is 16.7. The van der Waals surface area contributed by atoms with Crippen LogP contribution in [0.3, 0.4) is 0 Å². The lowest BCUT2D eigenvalue weighted by molar-refractivity contribution is 0.104. The number of nitriles is 2. The summed E-state index contributed by atoms with van der Waals surface area (Å²) in [5.74, 6) is -0.0495. The molecule has 0 N–H and O–H groups in total. The number of Topliss-reactive ketones (excluding diaryl/α,β-unsaturated/α-hetero) is 1. The first-order chi connectivity index (χ1) is 11.7. The number of hydrogen-bond donors (Lipinski definition) is 0. The van der Waals surface area contributed by atoms with Gasteiger partial charge in [-0.25, -0.2) is 0 Å². The number of carbonyl (C=O) groups excluding carboxylic acids is 1. The summed E-state index contributed by atoms with van der Waals surface area (Å²) in [6.45, 7) is 0. The summed E-state index contributed by atoms with van der Waals surface area (Å²) in [5, 5.41) is 18.8. The number of rotatable bonds is 0. The minimum Gasteiger partial charge on any atom is -0.288 e. The lowest BCUT2D eigenvalue weighted by atomic mass is 9.89. The maximum Gasteiger partial charge on any atom is 0.201 e. The number of nitrogens with zero attached hydrogens (tertiary/aromatic N) is 2. The predicted octanol–water partition coefficient (Wildman–Crippen LogP) is 4.79. The van der Waals surface area contributed by atoms with E-state index in [1.165, 1.54) is 23.5 Å². The first-order valence-electron chi connectivity index (χ1n) is 7.12. The Labute approximate surface area is 147 Å². The van der Waals surface area contributed by atoms with Gasteiger partial charge in [0.05, 0.1) is 4.91 Å². The molecular formula is C19H8N2OS2. The smallest absolute Gasteiger partial charge is 0.201 e. The van der Waals surface area contributed by atoms with Crippen molar-refractivity contribution in [1.82, 2.24) is 0 Å². The zero-order valence-corrected chi connectivity index (χ0v) is 13.9. The Bertz CT molecular complexity index is 1040. The van der Waals surface area contributed by atoms with Gasteiger partial charge in [-0.1, -0.05) is 59.9 Å². The molecule has 1 aliphatic carbocycles. The molecule has 3 nitrogen and oxygen atoms in total. The Morgan fingerprint density at radius 3 is 1.96 bits per heavy atom. The van der Waals surface area contributed by atoms with E-state index >= 15 is 0 Å². The number of hydrogen-bond acceptors (Lipinski definition) is 5. The summed E-state index contributed by atoms with van der Waals surface area (Å²) in [4.78, 5) is 16.3. The Morgan fingerprint density at radius 1 is 0.792 bits per heavy atom.